The van der Waals surface area contributed by atoms with Gasteiger partial charge in [-0.25, -0.2) is 0 Å². The smallest absolute Gasteiger partial charge is 0.325 e. The number of alkyl halides is 3. The Morgan fingerprint density at radius 2 is 2.15 bits per heavy atom. The molecule has 1 aliphatic rings. The number of carbonyl (C=O) groups is 1. The molecule has 0 bridgehead atoms. The molecule has 0 spiro atoms. The van der Waals surface area contributed by atoms with Crippen molar-refractivity contribution < 1.29 is 18.0 Å². The number of anilines is 1. The van der Waals surface area contributed by atoms with Crippen molar-refractivity contribution in [1.82, 2.24) is 4.90 Å². The fourth-order valence-corrected chi connectivity index (χ4v) is 2.51. The third-order valence-electron chi connectivity index (χ3n) is 3.36. The summed E-state index contributed by atoms with van der Waals surface area (Å²) in [6.45, 7) is 0.812. The molecule has 1 heterocycles. The van der Waals surface area contributed by atoms with E-state index in [1.54, 1.807) is 0 Å². The highest BCUT2D eigenvalue weighted by molar-refractivity contribution is 6.31. The van der Waals surface area contributed by atoms with Gasteiger partial charge in [-0.15, -0.1) is 0 Å². The molecular formula is C13H14ClF3N2O. The molecule has 0 saturated carbocycles. The van der Waals surface area contributed by atoms with Crippen molar-refractivity contribution in [3.8, 4) is 0 Å². The Labute approximate surface area is 119 Å². The van der Waals surface area contributed by atoms with Gasteiger partial charge in [-0.05, 0) is 44.6 Å². The van der Waals surface area contributed by atoms with Crippen LogP contribution >= 0.6 is 11.6 Å². The van der Waals surface area contributed by atoms with E-state index in [0.29, 0.717) is 6.42 Å². The molecule has 2 rings (SSSR count). The van der Waals surface area contributed by atoms with E-state index < -0.39 is 11.7 Å². The highest BCUT2D eigenvalue weighted by atomic mass is 35.5. The maximum Gasteiger partial charge on any atom is 0.417 e. The van der Waals surface area contributed by atoms with Crippen LogP contribution in [0.2, 0.25) is 5.02 Å². The monoisotopic (exact) mass is 306 g/mol. The standard InChI is InChI=1S/C13H14ClF3N2O/c1-19-6-2-3-11(19)12(20)18-8-4-5-10(14)9(7-8)13(15,16)17/h4-5,7,11H,2-3,6H2,1H3,(H,18,20). The maximum atomic E-state index is 12.7. The summed E-state index contributed by atoms with van der Waals surface area (Å²) in [5.74, 6) is -0.291. The van der Waals surface area contributed by atoms with Crippen LogP contribution < -0.4 is 5.32 Å². The van der Waals surface area contributed by atoms with Gasteiger partial charge in [-0.3, -0.25) is 9.69 Å². The van der Waals surface area contributed by atoms with E-state index in [4.69, 9.17) is 11.6 Å². The molecule has 1 atom stereocenters. The summed E-state index contributed by atoms with van der Waals surface area (Å²) in [7, 11) is 1.82. The van der Waals surface area contributed by atoms with Crippen LogP contribution in [0, 0.1) is 0 Å². The minimum absolute atomic E-state index is 0.104. The van der Waals surface area contributed by atoms with Crippen LogP contribution in [0.15, 0.2) is 18.2 Å². The largest absolute Gasteiger partial charge is 0.417 e. The first-order valence-electron chi connectivity index (χ1n) is 6.17. The van der Waals surface area contributed by atoms with E-state index in [1.165, 1.54) is 6.07 Å². The van der Waals surface area contributed by atoms with E-state index >= 15 is 0 Å². The number of likely N-dealkylation sites (N-methyl/N-ethyl adjacent to an activating group) is 1. The van der Waals surface area contributed by atoms with Crippen molar-refractivity contribution in [2.45, 2.75) is 25.1 Å². The Kier molecular flexibility index (Phi) is 4.25. The minimum Gasteiger partial charge on any atom is -0.325 e. The van der Waals surface area contributed by atoms with Gasteiger partial charge in [0, 0.05) is 5.69 Å². The van der Waals surface area contributed by atoms with E-state index in [9.17, 15) is 18.0 Å². The molecule has 0 aromatic heterocycles. The SMILES string of the molecule is CN1CCCC1C(=O)Nc1ccc(Cl)c(C(F)(F)F)c1. The minimum atomic E-state index is -4.54. The van der Waals surface area contributed by atoms with E-state index in [2.05, 4.69) is 5.32 Å². The summed E-state index contributed by atoms with van der Waals surface area (Å²) in [5, 5.41) is 2.13. The van der Waals surface area contributed by atoms with Crippen molar-refractivity contribution in [2.24, 2.45) is 0 Å². The Hall–Kier alpha value is -1.27. The Balaban J connectivity index is 2.16. The molecule has 20 heavy (non-hydrogen) atoms. The van der Waals surface area contributed by atoms with E-state index in [-0.39, 0.29) is 22.7 Å². The van der Waals surface area contributed by atoms with Crippen LogP contribution in [0.3, 0.4) is 0 Å². The van der Waals surface area contributed by atoms with Gasteiger partial charge in [0.2, 0.25) is 5.91 Å². The molecule has 1 N–H and O–H groups in total. The molecule has 3 nitrogen and oxygen atoms in total. The van der Waals surface area contributed by atoms with Crippen LogP contribution in [0.1, 0.15) is 18.4 Å². The third kappa shape index (κ3) is 3.24. The number of carbonyl (C=O) groups excluding carboxylic acids is 1. The summed E-state index contributed by atoms with van der Waals surface area (Å²) < 4.78 is 38.2. The summed E-state index contributed by atoms with van der Waals surface area (Å²) in [4.78, 5) is 13.9. The number of amides is 1. The zero-order valence-corrected chi connectivity index (χ0v) is 11.6. The van der Waals surface area contributed by atoms with Gasteiger partial charge in [0.25, 0.3) is 0 Å². The molecule has 1 unspecified atom stereocenters. The molecule has 1 saturated heterocycles. The Morgan fingerprint density at radius 3 is 2.70 bits per heavy atom. The van der Waals surface area contributed by atoms with Crippen molar-refractivity contribution in [3.63, 3.8) is 0 Å². The lowest BCUT2D eigenvalue weighted by atomic mass is 10.1. The molecule has 7 heteroatoms. The molecule has 0 radical (unpaired) electrons. The molecule has 110 valence electrons. The van der Waals surface area contributed by atoms with Gasteiger partial charge in [0.15, 0.2) is 0 Å². The summed E-state index contributed by atoms with van der Waals surface area (Å²) in [5.41, 5.74) is -0.844. The number of hydrogen-bond donors (Lipinski definition) is 1. The second-order valence-electron chi connectivity index (χ2n) is 4.82. The fourth-order valence-electron chi connectivity index (χ4n) is 2.29. The van der Waals surface area contributed by atoms with Crippen LogP contribution in [0.5, 0.6) is 0 Å². The molecule has 1 aromatic carbocycles. The molecule has 1 fully saturated rings. The van der Waals surface area contributed by atoms with E-state index in [1.807, 2.05) is 11.9 Å². The molecule has 1 aromatic rings. The number of nitrogens with zero attached hydrogens (tertiary/aromatic N) is 1. The summed E-state index contributed by atoms with van der Waals surface area (Å²) in [6.07, 6.45) is -2.92. The van der Waals surface area contributed by atoms with Crippen LogP contribution in [-0.4, -0.2) is 30.4 Å². The highest BCUT2D eigenvalue weighted by Gasteiger charge is 2.34. The van der Waals surface area contributed by atoms with Gasteiger partial charge in [0.05, 0.1) is 16.6 Å². The van der Waals surface area contributed by atoms with E-state index in [0.717, 1.165) is 25.1 Å². The average Bonchev–Trinajstić information content (AvgIpc) is 2.76. The van der Waals surface area contributed by atoms with Crippen molar-refractivity contribution in [1.29, 1.82) is 0 Å². The van der Waals surface area contributed by atoms with Crippen LogP contribution in [0.25, 0.3) is 0 Å². The molecule has 1 amide bonds. The lowest BCUT2D eigenvalue weighted by Gasteiger charge is -2.19. The number of likely N-dealkylation sites (tertiary alicyclic amines) is 1. The number of halogens is 4. The average molecular weight is 307 g/mol. The van der Waals surface area contributed by atoms with Crippen molar-refractivity contribution in [2.75, 3.05) is 18.9 Å². The lowest BCUT2D eigenvalue weighted by molar-refractivity contribution is -0.137. The van der Waals surface area contributed by atoms with Crippen LogP contribution in [0.4, 0.5) is 18.9 Å². The Morgan fingerprint density at radius 1 is 1.45 bits per heavy atom. The van der Waals surface area contributed by atoms with Crippen LogP contribution in [-0.2, 0) is 11.0 Å². The second kappa shape index (κ2) is 5.61. The first-order chi connectivity index (χ1) is 9.29. The van der Waals surface area contributed by atoms with Gasteiger partial charge in [-0.1, -0.05) is 11.6 Å². The first kappa shape index (κ1) is 15.1. The van der Waals surface area contributed by atoms with Gasteiger partial charge in [0.1, 0.15) is 0 Å². The Bertz CT molecular complexity index is 519. The number of hydrogen-bond acceptors (Lipinski definition) is 2. The summed E-state index contributed by atoms with van der Waals surface area (Å²) in [6, 6.07) is 3.07. The topological polar surface area (TPSA) is 32.3 Å². The molecule has 0 aliphatic carbocycles. The molecular weight excluding hydrogens is 293 g/mol. The predicted molar refractivity (Wildman–Crippen MR) is 70.7 cm³/mol. The third-order valence-corrected chi connectivity index (χ3v) is 3.69. The van der Waals surface area contributed by atoms with Crippen molar-refractivity contribution >= 4 is 23.2 Å². The lowest BCUT2D eigenvalue weighted by Crippen LogP contribution is -2.37. The zero-order valence-electron chi connectivity index (χ0n) is 10.8. The van der Waals surface area contributed by atoms with Gasteiger partial charge < -0.3 is 5.32 Å². The predicted octanol–water partition coefficient (Wildman–Crippen LogP) is 3.39. The maximum absolute atomic E-state index is 12.7. The second-order valence-corrected chi connectivity index (χ2v) is 5.23. The molecule has 1 aliphatic heterocycles. The quantitative estimate of drug-likeness (QED) is 0.908. The fraction of sp³-hybridized carbons (Fsp3) is 0.462. The normalized spacial score (nSPS) is 20.1. The number of benzene rings is 1. The summed E-state index contributed by atoms with van der Waals surface area (Å²) >= 11 is 5.53. The highest BCUT2D eigenvalue weighted by Crippen LogP contribution is 2.36. The van der Waals surface area contributed by atoms with Gasteiger partial charge in [-0.2, -0.15) is 13.2 Å². The first-order valence-corrected chi connectivity index (χ1v) is 6.54. The number of rotatable bonds is 2. The zero-order chi connectivity index (χ0) is 14.9. The van der Waals surface area contributed by atoms with Gasteiger partial charge >= 0.3 is 6.18 Å². The van der Waals surface area contributed by atoms with Crippen molar-refractivity contribution in [3.05, 3.63) is 28.8 Å². The number of nitrogens with one attached hydrogen (secondary N) is 1.